The summed E-state index contributed by atoms with van der Waals surface area (Å²) in [7, 11) is 2.06. The van der Waals surface area contributed by atoms with Gasteiger partial charge in [-0.15, -0.1) is 0 Å². The predicted octanol–water partition coefficient (Wildman–Crippen LogP) is 5.54. The predicted molar refractivity (Wildman–Crippen MR) is 130 cm³/mol. The number of nitrogens with zero attached hydrogens (tertiary/aromatic N) is 3. The zero-order chi connectivity index (χ0) is 22.4. The first kappa shape index (κ1) is 21.7. The van der Waals surface area contributed by atoms with Gasteiger partial charge in [0.2, 0.25) is 0 Å². The largest absolute Gasteiger partial charge is 0.354 e. The molecule has 166 valence electrons. The summed E-state index contributed by atoms with van der Waals surface area (Å²) in [4.78, 5) is 13.3. The number of halogens is 3. The molecule has 2 aromatic carbocycles. The number of anilines is 1. The number of benzene rings is 2. The molecular weight excluding hydrogens is 467 g/mol. The van der Waals surface area contributed by atoms with Crippen LogP contribution in [0, 0.1) is 11.8 Å². The van der Waals surface area contributed by atoms with Gasteiger partial charge in [-0.3, -0.25) is 9.58 Å². The van der Waals surface area contributed by atoms with Crippen molar-refractivity contribution in [2.45, 2.75) is 31.7 Å². The zero-order valence-corrected chi connectivity index (χ0v) is 20.0. The summed E-state index contributed by atoms with van der Waals surface area (Å²) in [5.74, 6) is 1.98. The summed E-state index contributed by atoms with van der Waals surface area (Å²) in [6, 6.07) is 12.7. The van der Waals surface area contributed by atoms with Crippen LogP contribution in [-0.2, 0) is 4.79 Å². The van der Waals surface area contributed by atoms with Crippen molar-refractivity contribution in [2.75, 3.05) is 18.6 Å². The number of carbonyl (C=O) groups is 1. The third-order valence-corrected chi connectivity index (χ3v) is 7.55. The molecule has 0 aromatic heterocycles. The number of rotatable bonds is 3. The third kappa shape index (κ3) is 4.02. The first-order valence-electron chi connectivity index (χ1n) is 10.9. The lowest BCUT2D eigenvalue weighted by molar-refractivity contribution is -0.495. The summed E-state index contributed by atoms with van der Waals surface area (Å²) in [5, 5.41) is 11.4. The second kappa shape index (κ2) is 8.69. The Balaban J connectivity index is 1.45. The van der Waals surface area contributed by atoms with Gasteiger partial charge < -0.3 is 0 Å². The summed E-state index contributed by atoms with van der Waals surface area (Å²) >= 11 is 18.7. The summed E-state index contributed by atoms with van der Waals surface area (Å²) in [5.41, 5.74) is 2.20. The Morgan fingerprint density at radius 2 is 1.84 bits per heavy atom. The molecule has 1 fully saturated rings. The minimum atomic E-state index is -0.169. The number of fused-ring (bicyclic) bond motifs is 1. The van der Waals surface area contributed by atoms with Crippen LogP contribution in [-0.4, -0.2) is 35.6 Å². The highest BCUT2D eigenvalue weighted by Crippen LogP contribution is 2.40. The molecule has 1 amide bonds. The van der Waals surface area contributed by atoms with Crippen molar-refractivity contribution >= 4 is 57.9 Å². The van der Waals surface area contributed by atoms with Crippen molar-refractivity contribution in [3.63, 3.8) is 0 Å². The van der Waals surface area contributed by atoms with Crippen LogP contribution in [0.15, 0.2) is 47.6 Å². The molecule has 5 nitrogen and oxygen atoms in total. The maximum absolute atomic E-state index is 13.3. The number of amidine groups is 1. The van der Waals surface area contributed by atoms with Crippen LogP contribution in [0.3, 0.4) is 0 Å². The molecule has 0 radical (unpaired) electrons. The molecule has 2 aromatic rings. The fourth-order valence-electron chi connectivity index (χ4n) is 5.21. The highest BCUT2D eigenvalue weighted by Gasteiger charge is 2.44. The normalized spacial score (nSPS) is 24.7. The van der Waals surface area contributed by atoms with Gasteiger partial charge in [-0.05, 0) is 48.7 Å². The van der Waals surface area contributed by atoms with Gasteiger partial charge in [-0.25, -0.2) is 10.1 Å². The SMILES string of the molecule is C[N+]1=C(NC(=O)C2=NN(c3ccc(Cl)cc3Cl)C(c3ccc(Cl)cc3)C2)C2CCCC2C1. The minimum Gasteiger partial charge on any atom is -0.268 e. The Kier molecular flexibility index (Phi) is 5.91. The number of amides is 1. The monoisotopic (exact) mass is 489 g/mol. The smallest absolute Gasteiger partial charge is 0.268 e. The maximum Gasteiger partial charge on any atom is 0.354 e. The van der Waals surface area contributed by atoms with Crippen LogP contribution < -0.4 is 10.3 Å². The zero-order valence-electron chi connectivity index (χ0n) is 17.7. The van der Waals surface area contributed by atoms with Crippen LogP contribution in [0.4, 0.5) is 5.69 Å². The van der Waals surface area contributed by atoms with E-state index in [1.165, 1.54) is 12.8 Å². The van der Waals surface area contributed by atoms with Crippen LogP contribution in [0.2, 0.25) is 15.1 Å². The lowest BCUT2D eigenvalue weighted by atomic mass is 9.98. The van der Waals surface area contributed by atoms with Gasteiger partial charge in [0, 0.05) is 22.4 Å². The molecule has 3 atom stereocenters. The summed E-state index contributed by atoms with van der Waals surface area (Å²) in [6.07, 6.45) is 4.07. The van der Waals surface area contributed by atoms with Crippen LogP contribution in [0.25, 0.3) is 0 Å². The Morgan fingerprint density at radius 3 is 2.59 bits per heavy atom. The number of hydrogen-bond donors (Lipinski definition) is 1. The Labute approximate surface area is 202 Å². The molecule has 32 heavy (non-hydrogen) atoms. The molecule has 2 aliphatic heterocycles. The summed E-state index contributed by atoms with van der Waals surface area (Å²) in [6.45, 7) is 1.01. The molecule has 3 unspecified atom stereocenters. The van der Waals surface area contributed by atoms with Gasteiger partial charge in [0.15, 0.2) is 5.71 Å². The Hall–Kier alpha value is -2.08. The van der Waals surface area contributed by atoms with Gasteiger partial charge in [-0.2, -0.15) is 5.10 Å². The van der Waals surface area contributed by atoms with Gasteiger partial charge in [0.1, 0.15) is 0 Å². The number of carbonyl (C=O) groups excluding carboxylic acids is 1. The van der Waals surface area contributed by atoms with Crippen molar-refractivity contribution in [3.05, 3.63) is 63.1 Å². The van der Waals surface area contributed by atoms with E-state index in [1.807, 2.05) is 35.3 Å². The van der Waals surface area contributed by atoms with Gasteiger partial charge in [-0.1, -0.05) is 53.4 Å². The molecule has 1 N–H and O–H groups in total. The van der Waals surface area contributed by atoms with Crippen molar-refractivity contribution in [3.8, 4) is 0 Å². The lowest BCUT2D eigenvalue weighted by Gasteiger charge is -2.25. The Morgan fingerprint density at radius 1 is 1.09 bits per heavy atom. The van der Waals surface area contributed by atoms with E-state index < -0.39 is 0 Å². The van der Waals surface area contributed by atoms with Gasteiger partial charge in [0.25, 0.3) is 5.84 Å². The van der Waals surface area contributed by atoms with E-state index in [4.69, 9.17) is 39.9 Å². The fraction of sp³-hybridized carbons (Fsp3) is 0.375. The van der Waals surface area contributed by atoms with Gasteiger partial charge >= 0.3 is 5.91 Å². The second-order valence-corrected chi connectivity index (χ2v) is 10.1. The average Bonchev–Trinajstić information content (AvgIpc) is 3.45. The number of hydrazone groups is 1. The quantitative estimate of drug-likeness (QED) is 0.574. The third-order valence-electron chi connectivity index (χ3n) is 6.76. The maximum atomic E-state index is 13.3. The molecule has 0 bridgehead atoms. The standard InChI is InChI=1S/C24H23Cl3N4O/c1-30-13-15-3-2-4-18(15)23(30)28-24(32)20-12-22(14-5-7-16(25)8-6-14)31(29-20)21-10-9-17(26)11-19(21)27/h5-11,15,18,22H,2-4,12-13H2,1H3/p+1. The molecule has 3 aliphatic rings. The molecule has 0 saturated heterocycles. The highest BCUT2D eigenvalue weighted by molar-refractivity contribution is 6.42. The van der Waals surface area contributed by atoms with Gasteiger partial charge in [0.05, 0.1) is 36.3 Å². The molecule has 5 rings (SSSR count). The van der Waals surface area contributed by atoms with E-state index in [9.17, 15) is 4.79 Å². The van der Waals surface area contributed by atoms with Crippen molar-refractivity contribution in [1.82, 2.24) is 5.32 Å². The van der Waals surface area contributed by atoms with Crippen molar-refractivity contribution in [1.29, 1.82) is 0 Å². The molecule has 1 aliphatic carbocycles. The molecular formula is C24H24Cl3N4O+. The topological polar surface area (TPSA) is 47.7 Å². The minimum absolute atomic E-state index is 0.147. The summed E-state index contributed by atoms with van der Waals surface area (Å²) < 4.78 is 2.19. The van der Waals surface area contributed by atoms with E-state index >= 15 is 0 Å². The number of hydrogen-bond acceptors (Lipinski definition) is 3. The van der Waals surface area contributed by atoms with Crippen molar-refractivity contribution in [2.24, 2.45) is 16.9 Å². The second-order valence-electron chi connectivity index (χ2n) is 8.78. The van der Waals surface area contributed by atoms with E-state index in [-0.39, 0.29) is 11.9 Å². The first-order chi connectivity index (χ1) is 15.4. The fourth-order valence-corrected chi connectivity index (χ4v) is 5.83. The van der Waals surface area contributed by atoms with E-state index in [2.05, 4.69) is 16.9 Å². The lowest BCUT2D eigenvalue weighted by Crippen LogP contribution is -2.41. The molecule has 2 heterocycles. The van der Waals surface area contributed by atoms with Crippen LogP contribution >= 0.6 is 34.8 Å². The van der Waals surface area contributed by atoms with E-state index in [0.29, 0.717) is 44.7 Å². The Bertz CT molecular complexity index is 1130. The molecule has 0 spiro atoms. The average molecular weight is 491 g/mol. The van der Waals surface area contributed by atoms with Crippen LogP contribution in [0.5, 0.6) is 0 Å². The molecule has 1 saturated carbocycles. The van der Waals surface area contributed by atoms with Crippen LogP contribution in [0.1, 0.15) is 37.3 Å². The highest BCUT2D eigenvalue weighted by atomic mass is 35.5. The van der Waals surface area contributed by atoms with Crippen molar-refractivity contribution < 1.29 is 9.37 Å². The number of nitrogens with one attached hydrogen (secondary N) is 1. The van der Waals surface area contributed by atoms with E-state index in [1.54, 1.807) is 12.1 Å². The molecule has 8 heteroatoms. The van der Waals surface area contributed by atoms with E-state index in [0.717, 1.165) is 24.4 Å². The first-order valence-corrected chi connectivity index (χ1v) is 12.0.